The molecular formula is C23H28N4O3. The molecule has 3 fully saturated rings. The third-order valence-corrected chi connectivity index (χ3v) is 6.99. The highest BCUT2D eigenvalue weighted by Gasteiger charge is 2.60. The lowest BCUT2D eigenvalue weighted by molar-refractivity contribution is 0.0338. The number of aromatic carboxylic acids is 1. The molecule has 1 aromatic heterocycles. The lowest BCUT2D eigenvalue weighted by Crippen LogP contribution is -2.41. The molecule has 1 saturated carbocycles. The number of pyridine rings is 1. The number of piperidine rings is 1. The van der Waals surface area contributed by atoms with Gasteiger partial charge in [-0.3, -0.25) is 4.90 Å². The molecule has 0 unspecified atom stereocenters. The number of nitrogens with two attached hydrogens (primary N) is 1. The Balaban J connectivity index is 1.25. The van der Waals surface area contributed by atoms with Crippen molar-refractivity contribution >= 4 is 11.8 Å². The minimum Gasteiger partial charge on any atom is -0.478 e. The normalized spacial score (nSPS) is 26.5. The zero-order chi connectivity index (χ0) is 20.7. The summed E-state index contributed by atoms with van der Waals surface area (Å²) in [6.07, 6.45) is 2.91. The number of aromatic nitrogens is 1. The van der Waals surface area contributed by atoms with E-state index in [2.05, 4.69) is 39.0 Å². The lowest BCUT2D eigenvalue weighted by atomic mass is 9.93. The van der Waals surface area contributed by atoms with Crippen LogP contribution in [0.25, 0.3) is 11.1 Å². The Morgan fingerprint density at radius 1 is 1.17 bits per heavy atom. The number of nitrogens with zero attached hydrogens (tertiary/aromatic N) is 3. The average Bonchev–Trinajstić information content (AvgIpc) is 3.34. The Morgan fingerprint density at radius 2 is 1.90 bits per heavy atom. The molecule has 2 aliphatic heterocycles. The van der Waals surface area contributed by atoms with E-state index in [0.29, 0.717) is 5.41 Å². The van der Waals surface area contributed by atoms with Gasteiger partial charge in [-0.1, -0.05) is 24.3 Å². The van der Waals surface area contributed by atoms with E-state index in [9.17, 15) is 9.90 Å². The quantitative estimate of drug-likeness (QED) is 0.755. The van der Waals surface area contributed by atoms with Gasteiger partial charge in [-0.25, -0.2) is 9.78 Å². The van der Waals surface area contributed by atoms with Gasteiger partial charge in [-0.15, -0.1) is 0 Å². The van der Waals surface area contributed by atoms with E-state index in [1.165, 1.54) is 18.5 Å². The molecule has 3 heterocycles. The van der Waals surface area contributed by atoms with Gasteiger partial charge in [0.2, 0.25) is 0 Å². The molecule has 2 saturated heterocycles. The van der Waals surface area contributed by atoms with Crippen LogP contribution in [-0.4, -0.2) is 78.3 Å². The zero-order valence-corrected chi connectivity index (χ0v) is 17.1. The van der Waals surface area contributed by atoms with Crippen molar-refractivity contribution in [2.75, 3.05) is 58.2 Å². The molecule has 0 spiro atoms. The number of morpholine rings is 1. The van der Waals surface area contributed by atoms with Crippen LogP contribution in [0.3, 0.4) is 0 Å². The molecule has 3 aliphatic rings. The number of hydrogen-bond acceptors (Lipinski definition) is 6. The number of carbonyl (C=O) groups is 1. The third kappa shape index (κ3) is 3.57. The fourth-order valence-corrected chi connectivity index (χ4v) is 5.11. The van der Waals surface area contributed by atoms with Crippen LogP contribution in [0.4, 0.5) is 5.82 Å². The topological polar surface area (TPSA) is 91.9 Å². The molecule has 0 amide bonds. The zero-order valence-electron chi connectivity index (χ0n) is 17.1. The molecule has 7 heteroatoms. The maximum absolute atomic E-state index is 11.3. The molecule has 30 heavy (non-hydrogen) atoms. The van der Waals surface area contributed by atoms with Crippen LogP contribution in [0, 0.1) is 5.92 Å². The second-order valence-electron chi connectivity index (χ2n) is 8.79. The first-order valence-corrected chi connectivity index (χ1v) is 10.7. The Labute approximate surface area is 176 Å². The fraction of sp³-hybridized carbons (Fsp3) is 0.478. The molecule has 1 aliphatic carbocycles. The van der Waals surface area contributed by atoms with Gasteiger partial charge in [0.25, 0.3) is 0 Å². The molecule has 7 nitrogen and oxygen atoms in total. The Hall–Kier alpha value is -2.48. The van der Waals surface area contributed by atoms with E-state index in [4.69, 9.17) is 10.5 Å². The summed E-state index contributed by atoms with van der Waals surface area (Å²) in [5.41, 5.74) is 9.16. The van der Waals surface area contributed by atoms with Gasteiger partial charge < -0.3 is 20.5 Å². The molecule has 3 N–H and O–H groups in total. The number of hydrogen-bond donors (Lipinski definition) is 2. The number of rotatable bonds is 6. The maximum atomic E-state index is 11.3. The van der Waals surface area contributed by atoms with Crippen LogP contribution in [0.5, 0.6) is 0 Å². The molecule has 0 bridgehead atoms. The monoisotopic (exact) mass is 408 g/mol. The number of likely N-dealkylation sites (tertiary alicyclic amines) is 1. The van der Waals surface area contributed by atoms with Crippen molar-refractivity contribution in [2.45, 2.75) is 11.8 Å². The Morgan fingerprint density at radius 3 is 2.63 bits per heavy atom. The number of ether oxygens (including phenoxy) is 1. The standard InChI is InChI=1S/C23H28N4O3/c24-21-20(22(28)29)11-17(13-25-21)16-1-3-18(4-2-16)23-12-19(23)14-27(15-23)6-5-26-7-9-30-10-8-26/h1-4,11,13,19H,5-10,12,14-15H2,(H2,24,25)(H,28,29)/t19-,23+/m1/s1. The summed E-state index contributed by atoms with van der Waals surface area (Å²) >= 11 is 0. The summed E-state index contributed by atoms with van der Waals surface area (Å²) in [7, 11) is 0. The number of nitrogen functional groups attached to an aromatic ring is 1. The summed E-state index contributed by atoms with van der Waals surface area (Å²) in [6, 6.07) is 10.2. The number of carboxylic acid groups (broad SMARTS) is 1. The molecular weight excluding hydrogens is 380 g/mol. The van der Waals surface area contributed by atoms with Gasteiger partial charge in [-0.05, 0) is 29.5 Å². The number of benzene rings is 1. The second kappa shape index (κ2) is 7.65. The molecule has 1 aromatic carbocycles. The van der Waals surface area contributed by atoms with Gasteiger partial charge in [0.15, 0.2) is 0 Å². The van der Waals surface area contributed by atoms with E-state index >= 15 is 0 Å². The van der Waals surface area contributed by atoms with Crippen molar-refractivity contribution in [3.05, 3.63) is 47.7 Å². The molecule has 158 valence electrons. The minimum absolute atomic E-state index is 0.0455. The van der Waals surface area contributed by atoms with Crippen molar-refractivity contribution in [2.24, 2.45) is 5.92 Å². The van der Waals surface area contributed by atoms with Gasteiger partial charge in [-0.2, -0.15) is 0 Å². The highest BCUT2D eigenvalue weighted by atomic mass is 16.5. The van der Waals surface area contributed by atoms with Gasteiger partial charge in [0, 0.05) is 56.4 Å². The first-order valence-electron chi connectivity index (χ1n) is 10.7. The predicted molar refractivity (Wildman–Crippen MR) is 115 cm³/mol. The number of carboxylic acids is 1. The summed E-state index contributed by atoms with van der Waals surface area (Å²) in [6.45, 7) is 8.39. The average molecular weight is 409 g/mol. The van der Waals surface area contributed by atoms with E-state index in [1.807, 2.05) is 0 Å². The highest BCUT2D eigenvalue weighted by Crippen LogP contribution is 2.59. The molecule has 2 atom stereocenters. The van der Waals surface area contributed by atoms with E-state index in [0.717, 1.165) is 63.0 Å². The summed E-state index contributed by atoms with van der Waals surface area (Å²) in [5.74, 6) is -0.253. The van der Waals surface area contributed by atoms with Gasteiger partial charge in [0.05, 0.1) is 13.2 Å². The second-order valence-corrected chi connectivity index (χ2v) is 8.79. The van der Waals surface area contributed by atoms with Crippen molar-refractivity contribution < 1.29 is 14.6 Å². The first kappa shape index (κ1) is 19.5. The van der Waals surface area contributed by atoms with Gasteiger partial charge >= 0.3 is 5.97 Å². The Kier molecular flexibility index (Phi) is 4.97. The minimum atomic E-state index is -1.05. The predicted octanol–water partition coefficient (Wildman–Crippen LogP) is 1.93. The lowest BCUT2D eigenvalue weighted by Gasteiger charge is -2.29. The number of anilines is 1. The van der Waals surface area contributed by atoms with Crippen LogP contribution >= 0.6 is 0 Å². The van der Waals surface area contributed by atoms with Crippen LogP contribution in [0.2, 0.25) is 0 Å². The molecule has 0 radical (unpaired) electrons. The highest BCUT2D eigenvalue weighted by molar-refractivity contribution is 5.94. The number of fused-ring (bicyclic) bond motifs is 1. The SMILES string of the molecule is Nc1ncc(-c2ccc([C@@]34C[C@@H]3CN(CCN3CCOCC3)C4)cc2)cc1C(=O)O. The van der Waals surface area contributed by atoms with Crippen molar-refractivity contribution in [3.63, 3.8) is 0 Å². The van der Waals surface area contributed by atoms with Crippen LogP contribution < -0.4 is 5.73 Å². The van der Waals surface area contributed by atoms with Crippen molar-refractivity contribution in [3.8, 4) is 11.1 Å². The fourth-order valence-electron chi connectivity index (χ4n) is 5.11. The smallest absolute Gasteiger partial charge is 0.339 e. The third-order valence-electron chi connectivity index (χ3n) is 6.99. The van der Waals surface area contributed by atoms with Crippen LogP contribution in [0.1, 0.15) is 22.3 Å². The molecule has 2 aromatic rings. The summed E-state index contributed by atoms with van der Waals surface area (Å²) < 4.78 is 5.44. The first-order chi connectivity index (χ1) is 14.5. The Bertz CT molecular complexity index is 942. The van der Waals surface area contributed by atoms with Crippen LogP contribution in [0.15, 0.2) is 36.5 Å². The van der Waals surface area contributed by atoms with Gasteiger partial charge in [0.1, 0.15) is 11.4 Å². The molecule has 5 rings (SSSR count). The van der Waals surface area contributed by atoms with Crippen molar-refractivity contribution in [1.29, 1.82) is 0 Å². The van der Waals surface area contributed by atoms with E-state index < -0.39 is 5.97 Å². The summed E-state index contributed by atoms with van der Waals surface area (Å²) in [4.78, 5) is 20.5. The van der Waals surface area contributed by atoms with E-state index in [1.54, 1.807) is 12.3 Å². The largest absolute Gasteiger partial charge is 0.478 e. The van der Waals surface area contributed by atoms with Crippen molar-refractivity contribution in [1.82, 2.24) is 14.8 Å². The summed E-state index contributed by atoms with van der Waals surface area (Å²) in [5, 5.41) is 9.28. The van der Waals surface area contributed by atoms with Crippen LogP contribution in [-0.2, 0) is 10.2 Å². The van der Waals surface area contributed by atoms with E-state index in [-0.39, 0.29) is 11.4 Å². The maximum Gasteiger partial charge on any atom is 0.339 e.